The van der Waals surface area contributed by atoms with Crippen LogP contribution >= 0.6 is 11.6 Å². The van der Waals surface area contributed by atoms with Gasteiger partial charge in [0, 0.05) is 0 Å². The molecule has 0 aliphatic carbocycles. The molecule has 152 valence electrons. The highest BCUT2D eigenvalue weighted by Crippen LogP contribution is 2.21. The maximum Gasteiger partial charge on any atom is 0.318 e. The number of carbonyl (C=O) groups excluding carboxylic acids is 4. The van der Waals surface area contributed by atoms with E-state index in [9.17, 15) is 19.2 Å². The van der Waals surface area contributed by atoms with E-state index < -0.39 is 36.0 Å². The number of halogens is 1. The molecule has 2 rings (SSSR count). The fourth-order valence-electron chi connectivity index (χ4n) is 2.51. The minimum atomic E-state index is -1.23. The lowest BCUT2D eigenvalue weighted by Gasteiger charge is -2.20. The summed E-state index contributed by atoms with van der Waals surface area (Å²) in [5.74, 6) is -2.05. The van der Waals surface area contributed by atoms with Gasteiger partial charge in [0.1, 0.15) is 0 Å². The third-order valence-corrected chi connectivity index (χ3v) is 4.25. The Balaban J connectivity index is 2.12. The van der Waals surface area contributed by atoms with Crippen LogP contribution in [0.3, 0.4) is 0 Å². The first-order valence-electron chi connectivity index (χ1n) is 8.68. The van der Waals surface area contributed by atoms with Gasteiger partial charge in [-0.3, -0.25) is 19.7 Å². The average molecular weight is 418 g/mol. The molecule has 8 nitrogen and oxygen atoms in total. The molecule has 29 heavy (non-hydrogen) atoms. The van der Waals surface area contributed by atoms with Gasteiger partial charge in [-0.1, -0.05) is 54.1 Å². The number of urea groups is 1. The molecule has 0 heterocycles. The zero-order valence-electron chi connectivity index (χ0n) is 15.6. The summed E-state index contributed by atoms with van der Waals surface area (Å²) in [4.78, 5) is 47.3. The van der Waals surface area contributed by atoms with Crippen molar-refractivity contribution in [3.63, 3.8) is 0 Å². The number of amides is 4. The van der Waals surface area contributed by atoms with Crippen LogP contribution in [-0.2, 0) is 14.3 Å². The van der Waals surface area contributed by atoms with E-state index in [-0.39, 0.29) is 17.0 Å². The Morgan fingerprint density at radius 3 is 2.28 bits per heavy atom. The van der Waals surface area contributed by atoms with Crippen LogP contribution in [0.1, 0.15) is 35.3 Å². The van der Waals surface area contributed by atoms with Crippen LogP contribution in [0.5, 0.6) is 0 Å². The van der Waals surface area contributed by atoms with Crippen LogP contribution in [0, 0.1) is 0 Å². The first-order valence-corrected chi connectivity index (χ1v) is 9.06. The second-order valence-corrected chi connectivity index (χ2v) is 6.51. The lowest BCUT2D eigenvalue weighted by atomic mass is 10.0. The number of imide groups is 1. The van der Waals surface area contributed by atoms with Gasteiger partial charge in [0.2, 0.25) is 0 Å². The molecule has 0 spiro atoms. The summed E-state index contributed by atoms with van der Waals surface area (Å²) in [5.41, 5.74) is 5.80. The molecule has 0 saturated heterocycles. The largest absolute Gasteiger partial charge is 0.452 e. The highest BCUT2D eigenvalue weighted by molar-refractivity contribution is 6.33. The highest BCUT2D eigenvalue weighted by Gasteiger charge is 2.24. The van der Waals surface area contributed by atoms with Crippen molar-refractivity contribution in [2.45, 2.75) is 25.5 Å². The standard InChI is InChI=1S/C20H20ClN3O5/c1-12(18(26)24-20(22)28)29-17(25)11-16(13-7-3-2-4-8-13)23-19(27)14-9-5-6-10-15(14)21/h2-10,12,16H,11H2,1H3,(H,23,27)(H3,22,24,26,28)/t12-,16+/m1/s1. The summed E-state index contributed by atoms with van der Waals surface area (Å²) in [5, 5.41) is 4.86. The van der Waals surface area contributed by atoms with Crippen molar-refractivity contribution in [1.29, 1.82) is 0 Å². The SMILES string of the molecule is C[C@@H](OC(=O)C[C@H](NC(=O)c1ccccc1Cl)c1ccccc1)C(=O)NC(N)=O. The van der Waals surface area contributed by atoms with E-state index in [1.807, 2.05) is 5.32 Å². The van der Waals surface area contributed by atoms with Crippen molar-refractivity contribution in [3.8, 4) is 0 Å². The molecule has 0 aliphatic rings. The highest BCUT2D eigenvalue weighted by atomic mass is 35.5. The van der Waals surface area contributed by atoms with E-state index in [4.69, 9.17) is 22.1 Å². The molecule has 4 amide bonds. The Kier molecular flexibility index (Phi) is 7.73. The maximum atomic E-state index is 12.6. The lowest BCUT2D eigenvalue weighted by Crippen LogP contribution is -2.42. The van der Waals surface area contributed by atoms with Crippen LogP contribution in [0.2, 0.25) is 5.02 Å². The molecule has 0 aliphatic heterocycles. The van der Waals surface area contributed by atoms with Gasteiger partial charge in [-0.15, -0.1) is 0 Å². The van der Waals surface area contributed by atoms with E-state index in [2.05, 4.69) is 5.32 Å². The van der Waals surface area contributed by atoms with Gasteiger partial charge in [-0.05, 0) is 24.6 Å². The third-order valence-electron chi connectivity index (χ3n) is 3.92. The molecule has 0 bridgehead atoms. The number of hydrogen-bond donors (Lipinski definition) is 3. The number of primary amides is 1. The minimum absolute atomic E-state index is 0.242. The summed E-state index contributed by atoms with van der Waals surface area (Å²) >= 11 is 6.06. The first-order chi connectivity index (χ1) is 13.8. The van der Waals surface area contributed by atoms with E-state index in [1.165, 1.54) is 6.92 Å². The van der Waals surface area contributed by atoms with E-state index in [0.717, 1.165) is 0 Å². The zero-order valence-corrected chi connectivity index (χ0v) is 16.3. The summed E-state index contributed by atoms with van der Waals surface area (Å²) in [6.07, 6.45) is -1.47. The topological polar surface area (TPSA) is 128 Å². The number of benzene rings is 2. The molecule has 2 atom stereocenters. The normalized spacial score (nSPS) is 12.3. The monoisotopic (exact) mass is 417 g/mol. The third kappa shape index (κ3) is 6.62. The molecule has 2 aromatic rings. The number of esters is 1. The van der Waals surface area contributed by atoms with Crippen LogP contribution in [-0.4, -0.2) is 29.9 Å². The van der Waals surface area contributed by atoms with Crippen molar-refractivity contribution >= 4 is 35.4 Å². The van der Waals surface area contributed by atoms with Crippen molar-refractivity contribution in [2.24, 2.45) is 5.73 Å². The van der Waals surface area contributed by atoms with Crippen molar-refractivity contribution in [2.75, 3.05) is 0 Å². The molecule has 0 unspecified atom stereocenters. The van der Waals surface area contributed by atoms with Crippen molar-refractivity contribution in [3.05, 3.63) is 70.7 Å². The zero-order chi connectivity index (χ0) is 21.4. The molecule has 0 saturated carbocycles. The quantitative estimate of drug-likeness (QED) is 0.595. The van der Waals surface area contributed by atoms with Crippen molar-refractivity contribution in [1.82, 2.24) is 10.6 Å². The number of nitrogens with one attached hydrogen (secondary N) is 2. The molecule has 0 fully saturated rings. The molecule has 0 aromatic heterocycles. The van der Waals surface area contributed by atoms with Crippen LogP contribution in [0.4, 0.5) is 4.79 Å². The van der Waals surface area contributed by atoms with Gasteiger partial charge in [0.25, 0.3) is 11.8 Å². The second-order valence-electron chi connectivity index (χ2n) is 6.11. The minimum Gasteiger partial charge on any atom is -0.452 e. The van der Waals surface area contributed by atoms with Crippen molar-refractivity contribution < 1.29 is 23.9 Å². The fourth-order valence-corrected chi connectivity index (χ4v) is 2.73. The number of hydrogen-bond acceptors (Lipinski definition) is 5. The number of nitrogens with two attached hydrogens (primary N) is 1. The molecule has 2 aromatic carbocycles. The second kappa shape index (κ2) is 10.2. The predicted molar refractivity (Wildman–Crippen MR) is 106 cm³/mol. The first kappa shape index (κ1) is 21.9. The van der Waals surface area contributed by atoms with Crippen LogP contribution < -0.4 is 16.4 Å². The maximum absolute atomic E-state index is 12.6. The van der Waals surface area contributed by atoms with Gasteiger partial charge in [0.05, 0.1) is 23.0 Å². The summed E-state index contributed by atoms with van der Waals surface area (Å²) in [6.45, 7) is 1.30. The van der Waals surface area contributed by atoms with E-state index >= 15 is 0 Å². The van der Waals surface area contributed by atoms with Crippen LogP contribution in [0.15, 0.2) is 54.6 Å². The van der Waals surface area contributed by atoms with Gasteiger partial charge in [-0.2, -0.15) is 0 Å². The Labute approximate surface area is 172 Å². The molecule has 0 radical (unpaired) electrons. The van der Waals surface area contributed by atoms with E-state index in [1.54, 1.807) is 54.6 Å². The fraction of sp³-hybridized carbons (Fsp3) is 0.200. The number of rotatable bonds is 7. The Morgan fingerprint density at radius 1 is 1.03 bits per heavy atom. The van der Waals surface area contributed by atoms with Gasteiger partial charge in [0.15, 0.2) is 6.10 Å². The molecule has 9 heteroatoms. The van der Waals surface area contributed by atoms with Gasteiger partial charge < -0.3 is 15.8 Å². The summed E-state index contributed by atoms with van der Waals surface area (Å²) < 4.78 is 5.04. The molecular weight excluding hydrogens is 398 g/mol. The Bertz CT molecular complexity index is 904. The lowest BCUT2D eigenvalue weighted by molar-refractivity contribution is -0.154. The van der Waals surface area contributed by atoms with Gasteiger partial charge >= 0.3 is 12.0 Å². The predicted octanol–water partition coefficient (Wildman–Crippen LogP) is 2.33. The average Bonchev–Trinajstić information content (AvgIpc) is 2.67. The Morgan fingerprint density at radius 2 is 1.66 bits per heavy atom. The number of ether oxygens (including phenoxy) is 1. The van der Waals surface area contributed by atoms with Gasteiger partial charge in [-0.25, -0.2) is 4.79 Å². The smallest absolute Gasteiger partial charge is 0.318 e. The molecular formula is C20H20ClN3O5. The summed E-state index contributed by atoms with van der Waals surface area (Å²) in [7, 11) is 0. The molecule has 4 N–H and O–H groups in total. The number of carbonyl (C=O) groups is 4. The van der Waals surface area contributed by atoms with Crippen LogP contribution in [0.25, 0.3) is 0 Å². The summed E-state index contributed by atoms with van der Waals surface area (Å²) in [6, 6.07) is 13.6. The Hall–Kier alpha value is -3.39. The van der Waals surface area contributed by atoms with E-state index in [0.29, 0.717) is 5.56 Å².